The van der Waals surface area contributed by atoms with E-state index in [9.17, 15) is 0 Å². The van der Waals surface area contributed by atoms with Crippen molar-refractivity contribution in [2.45, 2.75) is 36.9 Å². The van der Waals surface area contributed by atoms with E-state index in [4.69, 9.17) is 0 Å². The standard InChI is InChI=1S/C12H15Br/c1-9(13)8-11-7-6-10-4-2-3-5-12(10)11/h2-5,9,11H,6-8H2,1H3. The molecule has 0 fully saturated rings. The fourth-order valence-corrected chi connectivity index (χ4v) is 2.73. The van der Waals surface area contributed by atoms with Crippen LogP contribution in [-0.2, 0) is 6.42 Å². The molecule has 2 unspecified atom stereocenters. The third-order valence-corrected chi connectivity index (χ3v) is 3.24. The van der Waals surface area contributed by atoms with Gasteiger partial charge in [0, 0.05) is 4.83 Å². The van der Waals surface area contributed by atoms with Crippen molar-refractivity contribution in [3.8, 4) is 0 Å². The summed E-state index contributed by atoms with van der Waals surface area (Å²) in [6.07, 6.45) is 3.90. The van der Waals surface area contributed by atoms with Crippen molar-refractivity contribution in [3.63, 3.8) is 0 Å². The molecule has 13 heavy (non-hydrogen) atoms. The molecule has 1 aliphatic carbocycles. The fraction of sp³-hybridized carbons (Fsp3) is 0.500. The molecule has 0 saturated heterocycles. The summed E-state index contributed by atoms with van der Waals surface area (Å²) in [7, 11) is 0. The van der Waals surface area contributed by atoms with Crippen molar-refractivity contribution < 1.29 is 0 Å². The third-order valence-electron chi connectivity index (χ3n) is 2.87. The summed E-state index contributed by atoms with van der Waals surface area (Å²) >= 11 is 3.64. The van der Waals surface area contributed by atoms with E-state index in [1.165, 1.54) is 19.3 Å². The largest absolute Gasteiger partial charge is 0.0893 e. The average molecular weight is 239 g/mol. The summed E-state index contributed by atoms with van der Waals surface area (Å²) in [4.78, 5) is 0.642. The van der Waals surface area contributed by atoms with Crippen LogP contribution in [0, 0.1) is 0 Å². The molecule has 1 aromatic carbocycles. The van der Waals surface area contributed by atoms with Crippen molar-refractivity contribution in [2.75, 3.05) is 0 Å². The summed E-state index contributed by atoms with van der Waals surface area (Å²) < 4.78 is 0. The van der Waals surface area contributed by atoms with Gasteiger partial charge >= 0.3 is 0 Å². The van der Waals surface area contributed by atoms with Crippen LogP contribution >= 0.6 is 15.9 Å². The molecule has 2 rings (SSSR count). The second kappa shape index (κ2) is 3.83. The Balaban J connectivity index is 2.18. The number of fused-ring (bicyclic) bond motifs is 1. The molecule has 0 radical (unpaired) electrons. The van der Waals surface area contributed by atoms with Crippen molar-refractivity contribution >= 4 is 15.9 Å². The molecule has 0 heterocycles. The molecule has 1 aliphatic rings. The minimum Gasteiger partial charge on any atom is -0.0893 e. The Morgan fingerprint density at radius 2 is 2.23 bits per heavy atom. The molecule has 0 aromatic heterocycles. The molecule has 70 valence electrons. The first kappa shape index (κ1) is 9.26. The van der Waals surface area contributed by atoms with Gasteiger partial charge in [-0.1, -0.05) is 47.1 Å². The minimum absolute atomic E-state index is 0.642. The molecule has 1 aromatic rings. The molecule has 0 N–H and O–H groups in total. The van der Waals surface area contributed by atoms with Crippen LogP contribution in [-0.4, -0.2) is 4.83 Å². The first-order chi connectivity index (χ1) is 6.27. The van der Waals surface area contributed by atoms with E-state index in [2.05, 4.69) is 47.1 Å². The summed E-state index contributed by atoms with van der Waals surface area (Å²) in [5.41, 5.74) is 3.16. The van der Waals surface area contributed by atoms with Crippen LogP contribution in [0.2, 0.25) is 0 Å². The average Bonchev–Trinajstić information content (AvgIpc) is 2.48. The van der Waals surface area contributed by atoms with E-state index >= 15 is 0 Å². The van der Waals surface area contributed by atoms with Crippen LogP contribution in [0.15, 0.2) is 24.3 Å². The summed E-state index contributed by atoms with van der Waals surface area (Å²) in [5.74, 6) is 0.797. The number of benzene rings is 1. The Kier molecular flexibility index (Phi) is 2.73. The lowest BCUT2D eigenvalue weighted by Crippen LogP contribution is -2.00. The maximum absolute atomic E-state index is 3.64. The van der Waals surface area contributed by atoms with E-state index in [1.807, 2.05) is 0 Å². The molecule has 0 nitrogen and oxygen atoms in total. The van der Waals surface area contributed by atoms with Gasteiger partial charge in [-0.25, -0.2) is 0 Å². The highest BCUT2D eigenvalue weighted by Crippen LogP contribution is 2.36. The van der Waals surface area contributed by atoms with E-state index in [-0.39, 0.29) is 0 Å². The fourth-order valence-electron chi connectivity index (χ4n) is 2.28. The Hall–Kier alpha value is -0.300. The lowest BCUT2D eigenvalue weighted by Gasteiger charge is -2.12. The zero-order valence-electron chi connectivity index (χ0n) is 7.96. The van der Waals surface area contributed by atoms with E-state index < -0.39 is 0 Å². The zero-order valence-corrected chi connectivity index (χ0v) is 9.55. The molecule has 0 amide bonds. The first-order valence-corrected chi connectivity index (χ1v) is 5.91. The lowest BCUT2D eigenvalue weighted by atomic mass is 9.97. The Morgan fingerprint density at radius 3 is 3.00 bits per heavy atom. The van der Waals surface area contributed by atoms with Crippen molar-refractivity contribution in [1.82, 2.24) is 0 Å². The Bertz CT molecular complexity index is 291. The van der Waals surface area contributed by atoms with Gasteiger partial charge in [0.1, 0.15) is 0 Å². The van der Waals surface area contributed by atoms with Crippen LogP contribution in [0.5, 0.6) is 0 Å². The van der Waals surface area contributed by atoms with E-state index in [0.717, 1.165) is 5.92 Å². The summed E-state index contributed by atoms with van der Waals surface area (Å²) in [6, 6.07) is 8.88. The van der Waals surface area contributed by atoms with Gasteiger partial charge in [-0.2, -0.15) is 0 Å². The number of aryl methyl sites for hydroxylation is 1. The number of alkyl halides is 1. The van der Waals surface area contributed by atoms with Crippen LogP contribution < -0.4 is 0 Å². The molecular formula is C12H15Br. The van der Waals surface area contributed by atoms with Crippen molar-refractivity contribution in [2.24, 2.45) is 0 Å². The van der Waals surface area contributed by atoms with Crippen LogP contribution in [0.25, 0.3) is 0 Å². The lowest BCUT2D eigenvalue weighted by molar-refractivity contribution is 0.621. The predicted molar refractivity (Wildman–Crippen MR) is 60.5 cm³/mol. The highest BCUT2D eigenvalue weighted by Gasteiger charge is 2.22. The maximum Gasteiger partial charge on any atom is 0.0123 e. The second-order valence-electron chi connectivity index (χ2n) is 3.95. The van der Waals surface area contributed by atoms with Gasteiger partial charge < -0.3 is 0 Å². The van der Waals surface area contributed by atoms with E-state index in [1.54, 1.807) is 11.1 Å². The maximum atomic E-state index is 3.64. The SMILES string of the molecule is CC(Br)CC1CCc2ccccc21. The second-order valence-corrected chi connectivity index (χ2v) is 5.51. The molecule has 0 saturated carbocycles. The molecular weight excluding hydrogens is 224 g/mol. The van der Waals surface area contributed by atoms with Gasteiger partial charge in [0.05, 0.1) is 0 Å². The predicted octanol–water partition coefficient (Wildman–Crippen LogP) is 3.89. The normalized spacial score (nSPS) is 22.8. The van der Waals surface area contributed by atoms with Crippen LogP contribution in [0.3, 0.4) is 0 Å². The molecule has 0 spiro atoms. The quantitative estimate of drug-likeness (QED) is 0.687. The third kappa shape index (κ3) is 1.96. The van der Waals surface area contributed by atoms with Gasteiger partial charge in [-0.3, -0.25) is 0 Å². The van der Waals surface area contributed by atoms with Gasteiger partial charge in [0.15, 0.2) is 0 Å². The molecule has 1 heteroatoms. The van der Waals surface area contributed by atoms with E-state index in [0.29, 0.717) is 4.83 Å². The topological polar surface area (TPSA) is 0 Å². The zero-order chi connectivity index (χ0) is 9.26. The summed E-state index contributed by atoms with van der Waals surface area (Å²) in [5, 5.41) is 0. The molecule has 0 aliphatic heterocycles. The van der Waals surface area contributed by atoms with Gasteiger partial charge in [-0.15, -0.1) is 0 Å². The van der Waals surface area contributed by atoms with Crippen LogP contribution in [0.1, 0.15) is 36.8 Å². The molecule has 2 atom stereocenters. The minimum atomic E-state index is 0.642. The Labute approximate surface area is 88.5 Å². The van der Waals surface area contributed by atoms with Gasteiger partial charge in [-0.05, 0) is 36.3 Å². The van der Waals surface area contributed by atoms with Gasteiger partial charge in [0.25, 0.3) is 0 Å². The van der Waals surface area contributed by atoms with Crippen molar-refractivity contribution in [1.29, 1.82) is 0 Å². The van der Waals surface area contributed by atoms with Crippen molar-refractivity contribution in [3.05, 3.63) is 35.4 Å². The number of hydrogen-bond donors (Lipinski definition) is 0. The highest BCUT2D eigenvalue weighted by molar-refractivity contribution is 9.09. The van der Waals surface area contributed by atoms with Crippen LogP contribution in [0.4, 0.5) is 0 Å². The number of rotatable bonds is 2. The monoisotopic (exact) mass is 238 g/mol. The number of halogens is 1. The molecule has 0 bridgehead atoms. The van der Waals surface area contributed by atoms with Gasteiger partial charge in [0.2, 0.25) is 0 Å². The number of hydrogen-bond acceptors (Lipinski definition) is 0. The smallest absolute Gasteiger partial charge is 0.0123 e. The first-order valence-electron chi connectivity index (χ1n) is 4.99. The summed E-state index contributed by atoms with van der Waals surface area (Å²) in [6.45, 7) is 2.24. The Morgan fingerprint density at radius 1 is 1.46 bits per heavy atom. The highest BCUT2D eigenvalue weighted by atomic mass is 79.9.